The standard InChI is InChI=1S/C24H19IN2O6S/c1-13(21(28)26-16-5-3-15(25)4-6-16)34-18-9-7-17(8-10-18)27-22(29)19-11-2-14(23(30)31)12-20(19)24(32)33/h2-13H,1H3,(H,26,28)(H,27,29)(H,30,31)(H,32,33). The normalized spacial score (nSPS) is 11.4. The third-order valence-corrected chi connectivity index (χ3v) is 6.48. The van der Waals surface area contributed by atoms with Gasteiger partial charge in [0.25, 0.3) is 5.91 Å². The molecule has 0 fully saturated rings. The first-order valence-corrected chi connectivity index (χ1v) is 11.8. The van der Waals surface area contributed by atoms with E-state index in [2.05, 4.69) is 33.2 Å². The molecule has 1 atom stereocenters. The molecule has 174 valence electrons. The molecule has 0 aliphatic heterocycles. The number of carboxylic acid groups (broad SMARTS) is 2. The van der Waals surface area contributed by atoms with Crippen LogP contribution in [0.1, 0.15) is 38.0 Å². The molecule has 0 aromatic heterocycles. The number of rotatable bonds is 8. The van der Waals surface area contributed by atoms with Gasteiger partial charge in [-0.3, -0.25) is 9.59 Å². The summed E-state index contributed by atoms with van der Waals surface area (Å²) in [5.41, 5.74) is 0.349. The lowest BCUT2D eigenvalue weighted by Crippen LogP contribution is -2.22. The monoisotopic (exact) mass is 590 g/mol. The van der Waals surface area contributed by atoms with Gasteiger partial charge in [-0.05, 0) is 96.2 Å². The predicted molar refractivity (Wildman–Crippen MR) is 138 cm³/mol. The average Bonchev–Trinajstić information content (AvgIpc) is 2.81. The van der Waals surface area contributed by atoms with Crippen molar-refractivity contribution in [2.75, 3.05) is 10.6 Å². The van der Waals surface area contributed by atoms with Crippen molar-refractivity contribution in [3.8, 4) is 0 Å². The number of carbonyl (C=O) groups excluding carboxylic acids is 2. The maximum Gasteiger partial charge on any atom is 0.336 e. The Labute approximate surface area is 212 Å². The van der Waals surface area contributed by atoms with Crippen LogP contribution in [0.5, 0.6) is 0 Å². The molecular formula is C24H19IN2O6S. The van der Waals surface area contributed by atoms with Crippen LogP contribution in [0, 0.1) is 3.57 Å². The molecule has 8 nitrogen and oxygen atoms in total. The van der Waals surface area contributed by atoms with Gasteiger partial charge in [-0.1, -0.05) is 0 Å². The summed E-state index contributed by atoms with van der Waals surface area (Å²) in [6.07, 6.45) is 0. The number of benzene rings is 3. The van der Waals surface area contributed by atoms with E-state index < -0.39 is 23.4 Å². The van der Waals surface area contributed by atoms with Crippen LogP contribution < -0.4 is 10.6 Å². The predicted octanol–water partition coefficient (Wildman–Crippen LogP) is 5.06. The second-order valence-electron chi connectivity index (χ2n) is 7.11. The molecule has 0 spiro atoms. The molecule has 2 amide bonds. The molecule has 0 heterocycles. The number of amides is 2. The van der Waals surface area contributed by atoms with Crippen LogP contribution in [0.3, 0.4) is 0 Å². The van der Waals surface area contributed by atoms with Crippen molar-refractivity contribution >= 4 is 69.5 Å². The lowest BCUT2D eigenvalue weighted by molar-refractivity contribution is -0.115. The Balaban J connectivity index is 1.64. The number of hydrogen-bond acceptors (Lipinski definition) is 5. The third kappa shape index (κ3) is 6.58. The van der Waals surface area contributed by atoms with E-state index in [0.29, 0.717) is 11.4 Å². The minimum atomic E-state index is -1.41. The van der Waals surface area contributed by atoms with Crippen molar-refractivity contribution in [3.05, 3.63) is 87.0 Å². The van der Waals surface area contributed by atoms with Gasteiger partial charge in [0.15, 0.2) is 0 Å². The molecule has 3 aromatic rings. The number of carbonyl (C=O) groups is 4. The van der Waals surface area contributed by atoms with Crippen molar-refractivity contribution in [3.63, 3.8) is 0 Å². The Hall–Kier alpha value is -3.38. The number of hydrogen-bond donors (Lipinski definition) is 4. The van der Waals surface area contributed by atoms with Crippen molar-refractivity contribution in [1.29, 1.82) is 0 Å². The first-order valence-electron chi connectivity index (χ1n) is 9.89. The fourth-order valence-electron chi connectivity index (χ4n) is 2.90. The first kappa shape index (κ1) is 25.2. The summed E-state index contributed by atoms with van der Waals surface area (Å²) in [5, 5.41) is 23.5. The van der Waals surface area contributed by atoms with E-state index in [1.165, 1.54) is 23.9 Å². The van der Waals surface area contributed by atoms with Gasteiger partial charge in [0.1, 0.15) is 0 Å². The SMILES string of the molecule is CC(Sc1ccc(NC(=O)c2ccc(C(=O)O)cc2C(=O)O)cc1)C(=O)Nc1ccc(I)cc1. The van der Waals surface area contributed by atoms with Gasteiger partial charge in [-0.15, -0.1) is 11.8 Å². The molecule has 4 N–H and O–H groups in total. The quantitative estimate of drug-likeness (QED) is 0.213. The maximum absolute atomic E-state index is 12.6. The van der Waals surface area contributed by atoms with Crippen LogP contribution in [-0.2, 0) is 4.79 Å². The van der Waals surface area contributed by atoms with E-state index in [0.717, 1.165) is 14.5 Å². The summed E-state index contributed by atoms with van der Waals surface area (Å²) in [4.78, 5) is 48.4. The number of aromatic carboxylic acids is 2. The van der Waals surface area contributed by atoms with Gasteiger partial charge in [0, 0.05) is 19.8 Å². The van der Waals surface area contributed by atoms with Gasteiger partial charge in [-0.2, -0.15) is 0 Å². The Morgan fingerprint density at radius 3 is 1.97 bits per heavy atom. The third-order valence-electron chi connectivity index (χ3n) is 4.65. The van der Waals surface area contributed by atoms with E-state index in [-0.39, 0.29) is 22.3 Å². The highest BCUT2D eigenvalue weighted by molar-refractivity contribution is 14.1. The number of nitrogens with one attached hydrogen (secondary N) is 2. The molecule has 3 aromatic carbocycles. The topological polar surface area (TPSA) is 133 Å². The minimum absolute atomic E-state index is 0.144. The van der Waals surface area contributed by atoms with E-state index in [1.807, 2.05) is 24.3 Å². The first-order chi connectivity index (χ1) is 16.1. The zero-order valence-corrected chi connectivity index (χ0v) is 20.7. The van der Waals surface area contributed by atoms with E-state index in [9.17, 15) is 24.3 Å². The Kier molecular flexibility index (Phi) is 8.29. The molecule has 0 saturated heterocycles. The molecule has 3 rings (SSSR count). The smallest absolute Gasteiger partial charge is 0.336 e. The van der Waals surface area contributed by atoms with Gasteiger partial charge < -0.3 is 20.8 Å². The molecule has 1 unspecified atom stereocenters. The van der Waals surface area contributed by atoms with Crippen molar-refractivity contribution in [1.82, 2.24) is 0 Å². The number of anilines is 2. The van der Waals surface area contributed by atoms with E-state index in [4.69, 9.17) is 5.11 Å². The highest BCUT2D eigenvalue weighted by atomic mass is 127. The molecule has 0 bridgehead atoms. The lowest BCUT2D eigenvalue weighted by Gasteiger charge is -2.13. The van der Waals surface area contributed by atoms with Gasteiger partial charge >= 0.3 is 11.9 Å². The second kappa shape index (κ2) is 11.2. The number of thioether (sulfide) groups is 1. The molecule has 0 saturated carbocycles. The lowest BCUT2D eigenvalue weighted by atomic mass is 10.0. The summed E-state index contributed by atoms with van der Waals surface area (Å²) in [5.74, 6) is -3.52. The summed E-state index contributed by atoms with van der Waals surface area (Å²) in [6.45, 7) is 1.79. The van der Waals surface area contributed by atoms with E-state index >= 15 is 0 Å². The van der Waals surface area contributed by atoms with E-state index in [1.54, 1.807) is 31.2 Å². The fraction of sp³-hybridized carbons (Fsp3) is 0.0833. The molecular weight excluding hydrogens is 571 g/mol. The zero-order valence-electron chi connectivity index (χ0n) is 17.7. The van der Waals surface area contributed by atoms with Crippen molar-refractivity contribution in [2.45, 2.75) is 17.1 Å². The number of halogens is 1. The van der Waals surface area contributed by atoms with Gasteiger partial charge in [0.2, 0.25) is 5.91 Å². The van der Waals surface area contributed by atoms with Crippen LogP contribution in [0.15, 0.2) is 71.6 Å². The molecule has 10 heteroatoms. The van der Waals surface area contributed by atoms with Crippen LogP contribution in [0.4, 0.5) is 11.4 Å². The fourth-order valence-corrected chi connectivity index (χ4v) is 4.13. The second-order valence-corrected chi connectivity index (χ2v) is 9.77. The van der Waals surface area contributed by atoms with Crippen molar-refractivity contribution < 1.29 is 29.4 Å². The highest BCUT2D eigenvalue weighted by Gasteiger charge is 2.19. The highest BCUT2D eigenvalue weighted by Crippen LogP contribution is 2.26. The van der Waals surface area contributed by atoms with Crippen molar-refractivity contribution in [2.24, 2.45) is 0 Å². The van der Waals surface area contributed by atoms with Crippen LogP contribution in [-0.4, -0.2) is 39.2 Å². The summed E-state index contributed by atoms with van der Waals surface area (Å²) < 4.78 is 1.07. The zero-order chi connectivity index (χ0) is 24.8. The largest absolute Gasteiger partial charge is 0.478 e. The molecule has 0 aliphatic carbocycles. The Bertz CT molecular complexity index is 1250. The Morgan fingerprint density at radius 2 is 1.38 bits per heavy atom. The van der Waals surface area contributed by atoms with Crippen LogP contribution in [0.2, 0.25) is 0 Å². The Morgan fingerprint density at radius 1 is 0.794 bits per heavy atom. The van der Waals surface area contributed by atoms with Gasteiger partial charge in [0.05, 0.1) is 21.9 Å². The molecule has 0 aliphatic rings. The minimum Gasteiger partial charge on any atom is -0.478 e. The van der Waals surface area contributed by atoms with Crippen LogP contribution >= 0.6 is 34.4 Å². The molecule has 0 radical (unpaired) electrons. The molecule has 34 heavy (non-hydrogen) atoms. The summed E-state index contributed by atoms with van der Waals surface area (Å²) in [7, 11) is 0. The van der Waals surface area contributed by atoms with Gasteiger partial charge in [-0.25, -0.2) is 9.59 Å². The van der Waals surface area contributed by atoms with Crippen LogP contribution in [0.25, 0.3) is 0 Å². The summed E-state index contributed by atoms with van der Waals surface area (Å²) >= 11 is 3.54. The number of carboxylic acids is 2. The summed E-state index contributed by atoms with van der Waals surface area (Å²) in [6, 6.07) is 17.5. The maximum atomic E-state index is 12.6. The average molecular weight is 590 g/mol.